The van der Waals surface area contributed by atoms with Crippen molar-refractivity contribution in [3.8, 4) is 11.9 Å². The van der Waals surface area contributed by atoms with E-state index in [1.54, 1.807) is 7.11 Å². The van der Waals surface area contributed by atoms with Crippen LogP contribution in [0.15, 0.2) is 57.4 Å². The molecule has 3 aliphatic rings. The predicted octanol–water partition coefficient (Wildman–Crippen LogP) is 2.21. The summed E-state index contributed by atoms with van der Waals surface area (Å²) in [6.07, 6.45) is 5.70. The van der Waals surface area contributed by atoms with Gasteiger partial charge in [-0.25, -0.2) is 9.89 Å². The molecule has 2 N–H and O–H groups in total. The van der Waals surface area contributed by atoms with Gasteiger partial charge in [-0.3, -0.25) is 4.99 Å². The van der Waals surface area contributed by atoms with Crippen LogP contribution in [0.25, 0.3) is 0 Å². The first-order valence-electron chi connectivity index (χ1n) is 8.02. The van der Waals surface area contributed by atoms with Crippen LogP contribution in [0.2, 0.25) is 0 Å². The van der Waals surface area contributed by atoms with Crippen molar-refractivity contribution in [2.75, 3.05) is 13.7 Å². The third-order valence-electron chi connectivity index (χ3n) is 4.40. The number of allylic oxidation sites excluding steroid dienone is 1. The second-order valence-electron chi connectivity index (χ2n) is 5.90. The molecule has 0 spiro atoms. The number of nitrogens with zero attached hydrogens (tertiary/aromatic N) is 4. The number of guanidine groups is 1. The maximum Gasteiger partial charge on any atom is 0.210 e. The number of aliphatic imine (C=N–C) groups is 2. The van der Waals surface area contributed by atoms with E-state index in [1.807, 2.05) is 24.3 Å². The summed E-state index contributed by atoms with van der Waals surface area (Å²) in [5.74, 6) is 1.64. The van der Waals surface area contributed by atoms with Crippen molar-refractivity contribution in [2.45, 2.75) is 18.9 Å². The average molecular weight is 335 g/mol. The smallest absolute Gasteiger partial charge is 0.210 e. The van der Waals surface area contributed by atoms with Gasteiger partial charge in [0.25, 0.3) is 0 Å². The molecular weight excluding hydrogens is 318 g/mol. The third-order valence-corrected chi connectivity index (χ3v) is 4.40. The molecule has 0 saturated heterocycles. The standard InChI is InChI=1S/C18H17N5O2/c1-24-13-6-2-5-12(9-13)21-14-8-11-4-3-7-25-17(11)15-16(14)23(10-19)18(20)22-15/h2,4-6,9,16H,3,7-8H2,1H3,(H2,20,22)/b21-14+. The highest BCUT2D eigenvalue weighted by molar-refractivity contribution is 6.04. The molecule has 0 radical (unpaired) electrons. The van der Waals surface area contributed by atoms with Crippen LogP contribution < -0.4 is 10.5 Å². The van der Waals surface area contributed by atoms with Crippen molar-refractivity contribution >= 4 is 17.4 Å². The van der Waals surface area contributed by atoms with E-state index in [1.165, 1.54) is 4.90 Å². The van der Waals surface area contributed by atoms with Gasteiger partial charge in [0.05, 0.1) is 25.1 Å². The molecule has 1 aromatic carbocycles. The molecule has 1 aromatic rings. The quantitative estimate of drug-likeness (QED) is 0.836. The van der Waals surface area contributed by atoms with Gasteiger partial charge in [-0.2, -0.15) is 5.26 Å². The topological polar surface area (TPSA) is 96.2 Å². The highest BCUT2D eigenvalue weighted by Gasteiger charge is 2.42. The summed E-state index contributed by atoms with van der Waals surface area (Å²) in [6.45, 7) is 0.611. The lowest BCUT2D eigenvalue weighted by molar-refractivity contribution is 0.207. The van der Waals surface area contributed by atoms with Gasteiger partial charge in [0.15, 0.2) is 6.19 Å². The normalized spacial score (nSPS) is 23.3. The molecule has 1 aliphatic carbocycles. The summed E-state index contributed by atoms with van der Waals surface area (Å²) < 4.78 is 11.1. The fourth-order valence-electron chi connectivity index (χ4n) is 3.29. The Morgan fingerprint density at radius 1 is 1.48 bits per heavy atom. The van der Waals surface area contributed by atoms with Crippen LogP contribution in [0.4, 0.5) is 5.69 Å². The van der Waals surface area contributed by atoms with Crippen LogP contribution in [0, 0.1) is 11.5 Å². The summed E-state index contributed by atoms with van der Waals surface area (Å²) in [5, 5.41) is 9.50. The Bertz CT molecular complexity index is 891. The Labute approximate surface area is 145 Å². The minimum absolute atomic E-state index is 0.170. The molecule has 7 heteroatoms. The lowest BCUT2D eigenvalue weighted by Gasteiger charge is -2.30. The number of nitriles is 1. The molecule has 0 saturated carbocycles. The van der Waals surface area contributed by atoms with E-state index >= 15 is 0 Å². The Hall–Kier alpha value is -3.27. The van der Waals surface area contributed by atoms with Crippen LogP contribution in [0.5, 0.6) is 5.75 Å². The van der Waals surface area contributed by atoms with Crippen molar-refractivity contribution in [3.63, 3.8) is 0 Å². The van der Waals surface area contributed by atoms with E-state index in [4.69, 9.17) is 20.2 Å². The lowest BCUT2D eigenvalue weighted by Crippen LogP contribution is -2.43. The largest absolute Gasteiger partial charge is 0.497 e. The summed E-state index contributed by atoms with van der Waals surface area (Å²) in [6, 6.07) is 7.09. The molecule has 2 heterocycles. The summed E-state index contributed by atoms with van der Waals surface area (Å²) in [7, 11) is 1.62. The van der Waals surface area contributed by atoms with Gasteiger partial charge in [0, 0.05) is 18.9 Å². The number of benzene rings is 1. The van der Waals surface area contributed by atoms with E-state index in [9.17, 15) is 5.26 Å². The molecule has 4 rings (SSSR count). The fourth-order valence-corrected chi connectivity index (χ4v) is 3.29. The van der Waals surface area contributed by atoms with Crippen molar-refractivity contribution < 1.29 is 9.47 Å². The Kier molecular flexibility index (Phi) is 3.65. The van der Waals surface area contributed by atoms with Gasteiger partial charge in [-0.05, 0) is 17.7 Å². The van der Waals surface area contributed by atoms with Gasteiger partial charge >= 0.3 is 0 Å². The minimum Gasteiger partial charge on any atom is -0.497 e. The number of ether oxygens (including phenoxy) is 2. The van der Waals surface area contributed by atoms with Crippen LogP contribution in [-0.4, -0.2) is 36.3 Å². The molecule has 126 valence electrons. The monoisotopic (exact) mass is 335 g/mol. The Balaban J connectivity index is 1.82. The highest BCUT2D eigenvalue weighted by Crippen LogP contribution is 2.38. The molecule has 2 aliphatic heterocycles. The van der Waals surface area contributed by atoms with Crippen LogP contribution in [0.1, 0.15) is 12.8 Å². The summed E-state index contributed by atoms with van der Waals surface area (Å²) in [4.78, 5) is 10.5. The van der Waals surface area contributed by atoms with Gasteiger partial charge < -0.3 is 15.2 Å². The molecule has 1 unspecified atom stereocenters. The molecule has 0 amide bonds. The SMILES string of the molecule is COc1cccc(/N=C2\CC3=CCCOC3=C3N=C(N)N(C#N)C32)c1. The predicted molar refractivity (Wildman–Crippen MR) is 93.2 cm³/mol. The number of hydrogen-bond donors (Lipinski definition) is 1. The maximum atomic E-state index is 9.50. The Morgan fingerprint density at radius 3 is 3.16 bits per heavy atom. The molecule has 0 bridgehead atoms. The zero-order valence-corrected chi connectivity index (χ0v) is 13.8. The van der Waals surface area contributed by atoms with Crippen LogP contribution >= 0.6 is 0 Å². The fraction of sp³-hybridized carbons (Fsp3) is 0.278. The van der Waals surface area contributed by atoms with E-state index in [2.05, 4.69) is 17.3 Å². The number of fused-ring (bicyclic) bond motifs is 2. The second-order valence-corrected chi connectivity index (χ2v) is 5.90. The van der Waals surface area contributed by atoms with E-state index in [-0.39, 0.29) is 5.96 Å². The van der Waals surface area contributed by atoms with E-state index < -0.39 is 6.04 Å². The molecule has 7 nitrogen and oxygen atoms in total. The molecule has 25 heavy (non-hydrogen) atoms. The zero-order valence-electron chi connectivity index (χ0n) is 13.8. The van der Waals surface area contributed by atoms with Crippen molar-refractivity contribution in [3.05, 3.63) is 47.4 Å². The number of nitrogens with two attached hydrogens (primary N) is 1. The average Bonchev–Trinajstić information content (AvgIpc) is 2.98. The summed E-state index contributed by atoms with van der Waals surface area (Å²) in [5.41, 5.74) is 9.23. The van der Waals surface area contributed by atoms with Crippen molar-refractivity contribution in [1.82, 2.24) is 4.90 Å². The van der Waals surface area contributed by atoms with Gasteiger partial charge in [-0.1, -0.05) is 12.1 Å². The first-order chi connectivity index (χ1) is 12.2. The van der Waals surface area contributed by atoms with Gasteiger partial charge in [-0.15, -0.1) is 0 Å². The zero-order chi connectivity index (χ0) is 17.4. The number of hydrogen-bond acceptors (Lipinski definition) is 7. The van der Waals surface area contributed by atoms with Gasteiger partial charge in [0.2, 0.25) is 5.96 Å². The lowest BCUT2D eigenvalue weighted by atomic mass is 9.89. The second kappa shape index (κ2) is 5.98. The molecular formula is C18H17N5O2. The minimum atomic E-state index is -0.415. The van der Waals surface area contributed by atoms with E-state index in [0.717, 1.165) is 34.9 Å². The molecule has 0 fully saturated rings. The number of rotatable bonds is 2. The first-order valence-corrected chi connectivity index (χ1v) is 8.02. The molecule has 1 atom stereocenters. The Morgan fingerprint density at radius 2 is 2.36 bits per heavy atom. The van der Waals surface area contributed by atoms with Crippen molar-refractivity contribution in [1.29, 1.82) is 5.26 Å². The number of methoxy groups -OCH3 is 1. The summed E-state index contributed by atoms with van der Waals surface area (Å²) >= 11 is 0. The van der Waals surface area contributed by atoms with E-state index in [0.29, 0.717) is 18.7 Å². The van der Waals surface area contributed by atoms with Crippen LogP contribution in [0.3, 0.4) is 0 Å². The van der Waals surface area contributed by atoms with Gasteiger partial charge in [0.1, 0.15) is 23.2 Å². The van der Waals surface area contributed by atoms with Crippen molar-refractivity contribution in [2.24, 2.45) is 15.7 Å². The third kappa shape index (κ3) is 2.52. The first kappa shape index (κ1) is 15.3. The molecule has 0 aromatic heterocycles. The maximum absolute atomic E-state index is 9.50. The highest BCUT2D eigenvalue weighted by atomic mass is 16.5. The van der Waals surface area contributed by atoms with Crippen LogP contribution in [-0.2, 0) is 4.74 Å².